The maximum absolute atomic E-state index is 11.8. The van der Waals surface area contributed by atoms with Gasteiger partial charge in [-0.1, -0.05) is 0 Å². The van der Waals surface area contributed by atoms with Crippen molar-refractivity contribution in [3.8, 4) is 0 Å². The molecule has 1 N–H and O–H groups in total. The van der Waals surface area contributed by atoms with Crippen LogP contribution in [0.25, 0.3) is 0 Å². The number of H-pyrrole nitrogens is 1. The fourth-order valence-corrected chi connectivity index (χ4v) is 1.46. The summed E-state index contributed by atoms with van der Waals surface area (Å²) >= 11 is 3.25. The highest BCUT2D eigenvalue weighted by Gasteiger charge is 2.16. The van der Waals surface area contributed by atoms with E-state index in [0.717, 1.165) is 4.47 Å². The maximum atomic E-state index is 11.8. The Bertz CT molecular complexity index is 401. The van der Waals surface area contributed by atoms with Crippen molar-refractivity contribution >= 4 is 27.7 Å². The maximum Gasteiger partial charge on any atom is 0.270 e. The van der Waals surface area contributed by atoms with E-state index in [1.807, 2.05) is 0 Å². The molecular weight excluding hydrogens is 274 g/mol. The third-order valence-electron chi connectivity index (χ3n) is 2.10. The smallest absolute Gasteiger partial charge is 0.270 e. The number of hydrogen-bond acceptors (Lipinski definition) is 2. The first-order valence-electron chi connectivity index (χ1n) is 4.71. The molecule has 0 aromatic carbocycles. The minimum atomic E-state index is -0.207. The summed E-state index contributed by atoms with van der Waals surface area (Å²) in [6.45, 7) is 0.0719. The molecule has 16 heavy (non-hydrogen) atoms. The minimum absolute atomic E-state index is 0.0719. The molecule has 1 aromatic rings. The van der Waals surface area contributed by atoms with Gasteiger partial charge < -0.3 is 14.8 Å². The Balaban J connectivity index is 2.65. The number of rotatable bonds is 3. The van der Waals surface area contributed by atoms with Crippen LogP contribution < -0.4 is 0 Å². The molecule has 0 aliphatic heterocycles. The molecule has 0 fully saturated rings. The molecule has 0 saturated carbocycles. The van der Waals surface area contributed by atoms with E-state index in [2.05, 4.69) is 20.9 Å². The van der Waals surface area contributed by atoms with Crippen molar-refractivity contribution in [3.63, 3.8) is 0 Å². The fraction of sp³-hybridized carbons (Fsp3) is 0.400. The summed E-state index contributed by atoms with van der Waals surface area (Å²) < 4.78 is 0.809. The molecule has 1 rings (SSSR count). The van der Waals surface area contributed by atoms with Crippen LogP contribution in [0.2, 0.25) is 0 Å². The number of hydrogen-bond donors (Lipinski definition) is 1. The predicted molar refractivity (Wildman–Crippen MR) is 64.1 cm³/mol. The van der Waals surface area contributed by atoms with Gasteiger partial charge in [-0.05, 0) is 22.0 Å². The van der Waals surface area contributed by atoms with Crippen LogP contribution in [0.15, 0.2) is 16.7 Å². The number of halogens is 1. The number of carbonyl (C=O) groups excluding carboxylic acids is 2. The van der Waals surface area contributed by atoms with Gasteiger partial charge in [0, 0.05) is 31.8 Å². The summed E-state index contributed by atoms with van der Waals surface area (Å²) in [5, 5.41) is 0. The average Bonchev–Trinajstić information content (AvgIpc) is 2.63. The highest BCUT2D eigenvalue weighted by molar-refractivity contribution is 9.10. The van der Waals surface area contributed by atoms with Crippen molar-refractivity contribution in [3.05, 3.63) is 22.4 Å². The normalized spacial score (nSPS) is 10.0. The summed E-state index contributed by atoms with van der Waals surface area (Å²) in [4.78, 5) is 28.9. The molecule has 0 saturated heterocycles. The van der Waals surface area contributed by atoms with Crippen LogP contribution >= 0.6 is 15.9 Å². The molecule has 6 heteroatoms. The van der Waals surface area contributed by atoms with Crippen molar-refractivity contribution in [2.24, 2.45) is 0 Å². The van der Waals surface area contributed by atoms with Gasteiger partial charge >= 0.3 is 0 Å². The van der Waals surface area contributed by atoms with Crippen LogP contribution in [0.3, 0.4) is 0 Å². The zero-order valence-electron chi connectivity index (χ0n) is 9.45. The van der Waals surface area contributed by atoms with Gasteiger partial charge in [0.25, 0.3) is 5.91 Å². The monoisotopic (exact) mass is 287 g/mol. The second-order valence-electron chi connectivity index (χ2n) is 3.68. The van der Waals surface area contributed by atoms with Gasteiger partial charge in [-0.15, -0.1) is 0 Å². The number of amides is 2. The van der Waals surface area contributed by atoms with E-state index in [0.29, 0.717) is 5.69 Å². The van der Waals surface area contributed by atoms with E-state index < -0.39 is 0 Å². The molecule has 0 atom stereocenters. The van der Waals surface area contributed by atoms with Crippen LogP contribution in [0.1, 0.15) is 10.5 Å². The molecule has 1 aromatic heterocycles. The third-order valence-corrected chi connectivity index (χ3v) is 2.55. The van der Waals surface area contributed by atoms with Gasteiger partial charge in [-0.25, -0.2) is 0 Å². The molecule has 5 nitrogen and oxygen atoms in total. The second-order valence-corrected chi connectivity index (χ2v) is 4.60. The topological polar surface area (TPSA) is 56.4 Å². The van der Waals surface area contributed by atoms with E-state index in [1.54, 1.807) is 33.4 Å². The lowest BCUT2D eigenvalue weighted by molar-refractivity contribution is -0.129. The molecular formula is C10H14BrN3O2. The van der Waals surface area contributed by atoms with E-state index >= 15 is 0 Å². The van der Waals surface area contributed by atoms with E-state index in [-0.39, 0.29) is 18.4 Å². The molecule has 0 aliphatic rings. The highest BCUT2D eigenvalue weighted by Crippen LogP contribution is 2.11. The third kappa shape index (κ3) is 3.10. The van der Waals surface area contributed by atoms with E-state index in [1.165, 1.54) is 9.80 Å². The van der Waals surface area contributed by atoms with Crippen LogP contribution in [0.5, 0.6) is 0 Å². The van der Waals surface area contributed by atoms with E-state index in [4.69, 9.17) is 0 Å². The largest absolute Gasteiger partial charge is 0.356 e. The number of nitrogens with zero attached hydrogens (tertiary/aromatic N) is 2. The molecule has 0 unspecified atom stereocenters. The van der Waals surface area contributed by atoms with Gasteiger partial charge in [0.05, 0.1) is 6.54 Å². The van der Waals surface area contributed by atoms with Crippen molar-refractivity contribution in [2.75, 3.05) is 27.7 Å². The Morgan fingerprint density at radius 1 is 1.38 bits per heavy atom. The lowest BCUT2D eigenvalue weighted by Crippen LogP contribution is -2.37. The molecule has 0 aliphatic carbocycles. The standard InChI is InChI=1S/C10H14BrN3O2/c1-13(2)9(15)6-14(3)10(16)8-4-7(11)5-12-8/h4-5,12H,6H2,1-3H3. The zero-order chi connectivity index (χ0) is 12.3. The number of aromatic nitrogens is 1. The molecule has 0 spiro atoms. The summed E-state index contributed by atoms with van der Waals surface area (Å²) in [7, 11) is 4.91. The van der Waals surface area contributed by atoms with Crippen LogP contribution in [0.4, 0.5) is 0 Å². The number of carbonyl (C=O) groups is 2. The van der Waals surface area contributed by atoms with Gasteiger partial charge in [0.1, 0.15) is 5.69 Å². The van der Waals surface area contributed by atoms with Crippen molar-refractivity contribution in [1.82, 2.24) is 14.8 Å². The first kappa shape index (κ1) is 12.8. The van der Waals surface area contributed by atoms with Crippen LogP contribution in [-0.4, -0.2) is 54.3 Å². The second kappa shape index (κ2) is 5.16. The predicted octanol–water partition coefficient (Wildman–Crippen LogP) is 0.937. The van der Waals surface area contributed by atoms with Gasteiger partial charge in [-0.3, -0.25) is 9.59 Å². The molecule has 2 amide bonds. The molecule has 0 bridgehead atoms. The molecule has 1 heterocycles. The Kier molecular flexibility index (Phi) is 4.12. The number of likely N-dealkylation sites (N-methyl/N-ethyl adjacent to an activating group) is 2. The quantitative estimate of drug-likeness (QED) is 0.900. The summed E-state index contributed by atoms with van der Waals surface area (Å²) in [6, 6.07) is 1.68. The minimum Gasteiger partial charge on any atom is -0.356 e. The molecule has 0 radical (unpaired) electrons. The van der Waals surface area contributed by atoms with Gasteiger partial charge in [0.15, 0.2) is 0 Å². The van der Waals surface area contributed by atoms with Crippen molar-refractivity contribution in [2.45, 2.75) is 0 Å². The summed E-state index contributed by atoms with van der Waals surface area (Å²) in [5.41, 5.74) is 0.459. The summed E-state index contributed by atoms with van der Waals surface area (Å²) in [5.74, 6) is -0.317. The van der Waals surface area contributed by atoms with E-state index in [9.17, 15) is 9.59 Å². The Morgan fingerprint density at radius 2 is 2.00 bits per heavy atom. The highest BCUT2D eigenvalue weighted by atomic mass is 79.9. The average molecular weight is 288 g/mol. The first-order chi connectivity index (χ1) is 7.41. The summed E-state index contributed by atoms with van der Waals surface area (Å²) in [6.07, 6.45) is 1.68. The number of nitrogens with one attached hydrogen (secondary N) is 1. The number of aromatic amines is 1. The van der Waals surface area contributed by atoms with Crippen LogP contribution in [0, 0.1) is 0 Å². The fourth-order valence-electron chi connectivity index (χ4n) is 1.11. The van der Waals surface area contributed by atoms with Crippen molar-refractivity contribution in [1.29, 1.82) is 0 Å². The van der Waals surface area contributed by atoms with Gasteiger partial charge in [-0.2, -0.15) is 0 Å². The first-order valence-corrected chi connectivity index (χ1v) is 5.50. The lowest BCUT2D eigenvalue weighted by Gasteiger charge is -2.18. The Labute approximate surface area is 103 Å². The molecule has 88 valence electrons. The lowest BCUT2D eigenvalue weighted by atomic mass is 10.3. The SMILES string of the molecule is CN(C)C(=O)CN(C)C(=O)c1cc(Br)c[nH]1. The Morgan fingerprint density at radius 3 is 2.44 bits per heavy atom. The van der Waals surface area contributed by atoms with Gasteiger partial charge in [0.2, 0.25) is 5.91 Å². The van der Waals surface area contributed by atoms with Crippen molar-refractivity contribution < 1.29 is 9.59 Å². The Hall–Kier alpha value is -1.30. The van der Waals surface area contributed by atoms with Crippen LogP contribution in [-0.2, 0) is 4.79 Å². The zero-order valence-corrected chi connectivity index (χ0v) is 11.0.